The minimum Gasteiger partial charge on any atom is -0.493 e. The zero-order chi connectivity index (χ0) is 15.1. The summed E-state index contributed by atoms with van der Waals surface area (Å²) in [4.78, 5) is 2.39. The Kier molecular flexibility index (Phi) is 2.50. The molecule has 5 rings (SSSR count). The standard InChI is InChI=1S/C18H25NO3/c1-19-9-8-17-14-4-3-7-18(17,20)13(19)10-11-5-6-12(21-2)16(22-14)15(11)17/h5-6,11,13-15,20H,3-4,7-10H2,1-2H3/t11?,13-,14+,15?,17-,18-/m1/s1. The summed E-state index contributed by atoms with van der Waals surface area (Å²) in [6, 6.07) is 0.266. The third-order valence-electron chi connectivity index (χ3n) is 7.35. The molecule has 0 aromatic rings. The quantitative estimate of drug-likeness (QED) is 0.805. The van der Waals surface area contributed by atoms with E-state index in [0.29, 0.717) is 11.8 Å². The van der Waals surface area contributed by atoms with E-state index in [-0.39, 0.29) is 17.6 Å². The molecule has 0 aromatic carbocycles. The van der Waals surface area contributed by atoms with Crippen LogP contribution in [-0.4, -0.2) is 48.5 Å². The lowest BCUT2D eigenvalue weighted by atomic mass is 9.44. The normalized spacial score (nSPS) is 52.3. The molecule has 2 saturated heterocycles. The van der Waals surface area contributed by atoms with Gasteiger partial charge in [-0.1, -0.05) is 6.08 Å². The molecule has 1 N–H and O–H groups in total. The summed E-state index contributed by atoms with van der Waals surface area (Å²) in [5.41, 5.74) is -0.703. The van der Waals surface area contributed by atoms with Crippen LogP contribution >= 0.6 is 0 Å². The molecule has 0 aromatic heterocycles. The van der Waals surface area contributed by atoms with Crippen LogP contribution in [0.1, 0.15) is 32.1 Å². The summed E-state index contributed by atoms with van der Waals surface area (Å²) in [5.74, 6) is 2.70. The van der Waals surface area contributed by atoms with Crippen LogP contribution in [0.3, 0.4) is 0 Å². The SMILES string of the molecule is COC1=C2O[C@H]3CCC[C@@]4(O)[C@H]5CC(C=C1)C2[C@@]34CCN5C. The molecule has 2 aliphatic heterocycles. The van der Waals surface area contributed by atoms with Crippen molar-refractivity contribution < 1.29 is 14.6 Å². The number of likely N-dealkylation sites (tertiary alicyclic amines) is 1. The largest absolute Gasteiger partial charge is 0.493 e. The first kappa shape index (κ1) is 13.4. The first-order chi connectivity index (χ1) is 10.6. The molecule has 4 heteroatoms. The summed E-state index contributed by atoms with van der Waals surface area (Å²) >= 11 is 0. The van der Waals surface area contributed by atoms with E-state index in [4.69, 9.17) is 9.47 Å². The van der Waals surface area contributed by atoms with Crippen molar-refractivity contribution in [1.82, 2.24) is 4.90 Å². The van der Waals surface area contributed by atoms with Gasteiger partial charge in [-0.3, -0.25) is 0 Å². The van der Waals surface area contributed by atoms with Crippen molar-refractivity contribution in [1.29, 1.82) is 0 Å². The average molecular weight is 303 g/mol. The van der Waals surface area contributed by atoms with Gasteiger partial charge in [0.05, 0.1) is 12.7 Å². The number of nitrogens with zero attached hydrogens (tertiary/aromatic N) is 1. The van der Waals surface area contributed by atoms with Gasteiger partial charge in [-0.15, -0.1) is 0 Å². The van der Waals surface area contributed by atoms with Crippen molar-refractivity contribution in [3.8, 4) is 0 Å². The van der Waals surface area contributed by atoms with Gasteiger partial charge in [0.2, 0.25) is 0 Å². The number of allylic oxidation sites excluding steroid dienone is 3. The highest BCUT2D eigenvalue weighted by molar-refractivity contribution is 5.37. The second-order valence-corrected chi connectivity index (χ2v) is 7.88. The highest BCUT2D eigenvalue weighted by atomic mass is 16.5. The van der Waals surface area contributed by atoms with Gasteiger partial charge in [0.15, 0.2) is 5.76 Å². The van der Waals surface area contributed by atoms with Crippen LogP contribution < -0.4 is 0 Å². The Morgan fingerprint density at radius 1 is 1.41 bits per heavy atom. The van der Waals surface area contributed by atoms with Crippen LogP contribution in [-0.2, 0) is 9.47 Å². The molecular weight excluding hydrogens is 278 g/mol. The molecule has 0 amide bonds. The molecule has 2 unspecified atom stereocenters. The summed E-state index contributed by atoms with van der Waals surface area (Å²) in [5, 5.41) is 11.8. The van der Waals surface area contributed by atoms with E-state index in [1.54, 1.807) is 7.11 Å². The van der Waals surface area contributed by atoms with Gasteiger partial charge in [-0.05, 0) is 57.7 Å². The highest BCUT2D eigenvalue weighted by Crippen LogP contribution is 2.69. The van der Waals surface area contributed by atoms with Gasteiger partial charge >= 0.3 is 0 Å². The topological polar surface area (TPSA) is 41.9 Å². The number of likely N-dealkylation sites (N-methyl/N-ethyl adjacent to an activating group) is 1. The van der Waals surface area contributed by atoms with Crippen molar-refractivity contribution in [2.75, 3.05) is 20.7 Å². The molecule has 2 saturated carbocycles. The van der Waals surface area contributed by atoms with E-state index >= 15 is 0 Å². The second-order valence-electron chi connectivity index (χ2n) is 7.88. The first-order valence-electron chi connectivity index (χ1n) is 8.67. The van der Waals surface area contributed by atoms with E-state index < -0.39 is 5.60 Å². The maximum Gasteiger partial charge on any atom is 0.156 e. The Morgan fingerprint density at radius 2 is 2.27 bits per heavy atom. The highest BCUT2D eigenvalue weighted by Gasteiger charge is 2.74. The molecule has 0 radical (unpaired) electrons. The number of hydrogen-bond acceptors (Lipinski definition) is 4. The van der Waals surface area contributed by atoms with Gasteiger partial charge in [-0.25, -0.2) is 0 Å². The lowest BCUT2D eigenvalue weighted by Crippen LogP contribution is -2.74. The molecule has 5 aliphatic rings. The number of hydrogen-bond donors (Lipinski definition) is 1. The van der Waals surface area contributed by atoms with Crippen LogP contribution in [0.15, 0.2) is 23.7 Å². The fraction of sp³-hybridized carbons (Fsp3) is 0.778. The lowest BCUT2D eigenvalue weighted by Gasteiger charge is -2.65. The summed E-state index contributed by atoms with van der Waals surface area (Å²) in [7, 11) is 3.90. The van der Waals surface area contributed by atoms with E-state index in [1.807, 2.05) is 0 Å². The fourth-order valence-electron chi connectivity index (χ4n) is 6.52. The van der Waals surface area contributed by atoms with E-state index in [9.17, 15) is 5.11 Å². The Bertz CT molecular complexity index is 585. The Hall–Kier alpha value is -1.00. The van der Waals surface area contributed by atoms with E-state index in [0.717, 1.165) is 50.2 Å². The molecule has 1 spiro atoms. The summed E-state index contributed by atoms with van der Waals surface area (Å²) in [6.07, 6.45) is 9.69. The van der Waals surface area contributed by atoms with Gasteiger partial charge in [0.25, 0.3) is 0 Å². The van der Waals surface area contributed by atoms with Gasteiger partial charge in [0, 0.05) is 17.4 Å². The number of piperidine rings is 1. The van der Waals surface area contributed by atoms with Gasteiger partial charge in [0.1, 0.15) is 11.9 Å². The smallest absolute Gasteiger partial charge is 0.156 e. The van der Waals surface area contributed by atoms with Crippen molar-refractivity contribution in [2.45, 2.75) is 49.9 Å². The molecule has 2 heterocycles. The zero-order valence-corrected chi connectivity index (χ0v) is 13.4. The number of methoxy groups -OCH3 is 1. The fourth-order valence-corrected chi connectivity index (χ4v) is 6.52. The zero-order valence-electron chi connectivity index (χ0n) is 13.4. The molecule has 3 aliphatic carbocycles. The molecule has 2 bridgehead atoms. The summed E-state index contributed by atoms with van der Waals surface area (Å²) < 4.78 is 12.0. The van der Waals surface area contributed by atoms with Crippen molar-refractivity contribution in [3.05, 3.63) is 23.7 Å². The average Bonchev–Trinajstić information content (AvgIpc) is 2.85. The molecule has 4 fully saturated rings. The lowest BCUT2D eigenvalue weighted by molar-refractivity contribution is -0.246. The predicted molar refractivity (Wildman–Crippen MR) is 81.9 cm³/mol. The molecule has 22 heavy (non-hydrogen) atoms. The minimum atomic E-state index is -0.601. The maximum atomic E-state index is 11.8. The first-order valence-corrected chi connectivity index (χ1v) is 8.67. The van der Waals surface area contributed by atoms with Gasteiger partial charge < -0.3 is 19.5 Å². The van der Waals surface area contributed by atoms with Crippen LogP contribution in [0.2, 0.25) is 0 Å². The Morgan fingerprint density at radius 3 is 3.09 bits per heavy atom. The van der Waals surface area contributed by atoms with Crippen LogP contribution in [0.5, 0.6) is 0 Å². The van der Waals surface area contributed by atoms with Crippen LogP contribution in [0.4, 0.5) is 0 Å². The Labute approximate surface area is 131 Å². The van der Waals surface area contributed by atoms with E-state index in [2.05, 4.69) is 24.1 Å². The maximum absolute atomic E-state index is 11.8. The number of ether oxygens (including phenoxy) is 2. The molecular formula is C18H25NO3. The third kappa shape index (κ3) is 1.26. The van der Waals surface area contributed by atoms with Crippen molar-refractivity contribution in [3.63, 3.8) is 0 Å². The third-order valence-corrected chi connectivity index (χ3v) is 7.35. The minimum absolute atomic E-state index is 0.102. The summed E-state index contributed by atoms with van der Waals surface area (Å²) in [6.45, 7) is 1.06. The van der Waals surface area contributed by atoms with Gasteiger partial charge in [-0.2, -0.15) is 0 Å². The van der Waals surface area contributed by atoms with Crippen LogP contribution in [0.25, 0.3) is 0 Å². The molecule has 120 valence electrons. The molecule has 4 nitrogen and oxygen atoms in total. The van der Waals surface area contributed by atoms with E-state index in [1.165, 1.54) is 0 Å². The number of rotatable bonds is 1. The predicted octanol–water partition coefficient (Wildman–Crippen LogP) is 2.05. The second kappa shape index (κ2) is 4.09. The Balaban J connectivity index is 1.74. The van der Waals surface area contributed by atoms with Crippen molar-refractivity contribution >= 4 is 0 Å². The number of aliphatic hydroxyl groups is 1. The molecule has 6 atom stereocenters. The monoisotopic (exact) mass is 303 g/mol. The van der Waals surface area contributed by atoms with Crippen molar-refractivity contribution in [2.24, 2.45) is 17.3 Å². The van der Waals surface area contributed by atoms with Crippen LogP contribution in [0, 0.1) is 17.3 Å².